The third kappa shape index (κ3) is 6.25. The number of halogens is 5. The second-order valence-electron chi connectivity index (χ2n) is 8.66. The zero-order chi connectivity index (χ0) is 28.3. The van der Waals surface area contributed by atoms with Crippen LogP contribution in [-0.2, 0) is 11.3 Å². The molecule has 0 spiro atoms. The molecule has 0 saturated carbocycles. The molecule has 0 bridgehead atoms. The molecule has 1 fully saturated rings. The van der Waals surface area contributed by atoms with Crippen LogP contribution in [0.4, 0.5) is 33.3 Å². The number of pyridine rings is 1. The zero-order valence-corrected chi connectivity index (χ0v) is 20.6. The number of amides is 1. The van der Waals surface area contributed by atoms with Gasteiger partial charge in [-0.25, -0.2) is 18.6 Å². The lowest BCUT2D eigenvalue weighted by Gasteiger charge is -2.30. The molecule has 0 aliphatic carbocycles. The fourth-order valence-corrected chi connectivity index (χ4v) is 4.15. The second kappa shape index (κ2) is 11.2. The van der Waals surface area contributed by atoms with Crippen molar-refractivity contribution in [2.75, 3.05) is 43.1 Å². The van der Waals surface area contributed by atoms with Crippen molar-refractivity contribution in [3.63, 3.8) is 0 Å². The number of nitrogens with one attached hydrogen (secondary N) is 2. The van der Waals surface area contributed by atoms with Crippen molar-refractivity contribution in [3.05, 3.63) is 53.9 Å². The van der Waals surface area contributed by atoms with E-state index in [0.717, 1.165) is 37.3 Å². The lowest BCUT2D eigenvalue weighted by atomic mass is 10.1. The number of benzene rings is 1. The summed E-state index contributed by atoms with van der Waals surface area (Å²) in [4.78, 5) is 28.4. The number of aliphatic carboxylic acids is 1. The van der Waals surface area contributed by atoms with Gasteiger partial charge in [-0.05, 0) is 19.1 Å². The fourth-order valence-electron chi connectivity index (χ4n) is 4.15. The van der Waals surface area contributed by atoms with E-state index in [2.05, 4.69) is 25.6 Å². The Hall–Kier alpha value is -4.27. The number of imidazole rings is 1. The second-order valence-corrected chi connectivity index (χ2v) is 8.66. The minimum absolute atomic E-state index is 0.110. The van der Waals surface area contributed by atoms with E-state index in [1.54, 1.807) is 36.0 Å². The molecule has 0 atom stereocenters. The van der Waals surface area contributed by atoms with Gasteiger partial charge in [0, 0.05) is 61.9 Å². The molecule has 208 valence electrons. The van der Waals surface area contributed by atoms with Crippen LogP contribution in [0.15, 0.2) is 36.8 Å². The van der Waals surface area contributed by atoms with E-state index in [4.69, 9.17) is 9.90 Å². The van der Waals surface area contributed by atoms with Gasteiger partial charge in [0.25, 0.3) is 5.91 Å². The Morgan fingerprint density at radius 3 is 2.49 bits per heavy atom. The first-order valence-corrected chi connectivity index (χ1v) is 11.8. The molecule has 3 aromatic heterocycles. The molecule has 1 amide bonds. The Bertz CT molecular complexity index is 1510. The number of nitrogens with zero attached hydrogens (tertiary/aromatic N) is 5. The highest BCUT2D eigenvalue weighted by Gasteiger charge is 2.38. The number of carboxylic acid groups (broad SMARTS) is 1. The summed E-state index contributed by atoms with van der Waals surface area (Å²) in [5, 5.41) is 18.5. The first-order valence-electron chi connectivity index (χ1n) is 11.8. The number of rotatable bonds is 5. The number of aromatic nitrogens is 4. The van der Waals surface area contributed by atoms with Gasteiger partial charge in [0.15, 0.2) is 11.5 Å². The van der Waals surface area contributed by atoms with Crippen LogP contribution in [0.5, 0.6) is 0 Å². The number of carbonyl (C=O) groups is 2. The Labute approximate surface area is 218 Å². The number of aryl methyl sites for hydroxylation is 2. The van der Waals surface area contributed by atoms with Gasteiger partial charge in [-0.2, -0.15) is 18.3 Å². The number of hydrogen-bond acceptors (Lipinski definition) is 6. The van der Waals surface area contributed by atoms with Crippen LogP contribution in [0, 0.1) is 12.7 Å². The zero-order valence-electron chi connectivity index (χ0n) is 20.6. The summed E-state index contributed by atoms with van der Waals surface area (Å²) in [6.07, 6.45) is 0.000532. The summed E-state index contributed by atoms with van der Waals surface area (Å²) < 4.78 is 62.2. The van der Waals surface area contributed by atoms with Gasteiger partial charge in [0.05, 0.1) is 23.5 Å². The van der Waals surface area contributed by atoms with Crippen molar-refractivity contribution >= 4 is 39.8 Å². The van der Waals surface area contributed by atoms with Crippen LogP contribution < -0.4 is 15.5 Å². The van der Waals surface area contributed by atoms with Crippen molar-refractivity contribution in [2.45, 2.75) is 19.6 Å². The summed E-state index contributed by atoms with van der Waals surface area (Å²) in [5.74, 6) is -3.70. The van der Waals surface area contributed by atoms with Crippen molar-refractivity contribution in [2.24, 2.45) is 0 Å². The highest BCUT2D eigenvalue weighted by molar-refractivity contribution is 6.13. The Balaban J connectivity index is 0.000000448. The lowest BCUT2D eigenvalue weighted by molar-refractivity contribution is -0.192. The average Bonchev–Trinajstić information content (AvgIpc) is 3.47. The largest absolute Gasteiger partial charge is 0.490 e. The lowest BCUT2D eigenvalue weighted by Crippen LogP contribution is -2.43. The molecule has 4 heterocycles. The summed E-state index contributed by atoms with van der Waals surface area (Å²) in [7, 11) is 0. The van der Waals surface area contributed by atoms with Gasteiger partial charge < -0.3 is 25.0 Å². The number of carbonyl (C=O) groups excluding carboxylic acids is 1. The van der Waals surface area contributed by atoms with E-state index in [1.165, 1.54) is 10.7 Å². The normalized spacial score (nSPS) is 13.8. The molecular weight excluding hydrogens is 529 g/mol. The molecule has 15 heteroatoms. The van der Waals surface area contributed by atoms with Gasteiger partial charge >= 0.3 is 12.1 Å². The number of carboxylic acids is 1. The van der Waals surface area contributed by atoms with Crippen LogP contribution in [0.3, 0.4) is 0 Å². The predicted octanol–water partition coefficient (Wildman–Crippen LogP) is 3.40. The molecule has 10 nitrogen and oxygen atoms in total. The SMILES string of the molecule is Cc1cn2cc(NC(=O)c3ccc(N4CCNCC4)c4cn(CCF)nc34)cc(F)c2n1.O=C(O)C(F)(F)F. The predicted molar refractivity (Wildman–Crippen MR) is 132 cm³/mol. The van der Waals surface area contributed by atoms with Crippen LogP contribution in [0.1, 0.15) is 16.1 Å². The minimum atomic E-state index is -5.08. The first kappa shape index (κ1) is 27.8. The highest BCUT2D eigenvalue weighted by Crippen LogP contribution is 2.30. The van der Waals surface area contributed by atoms with Crippen LogP contribution in [0.2, 0.25) is 0 Å². The molecule has 1 saturated heterocycles. The Morgan fingerprint density at radius 2 is 1.85 bits per heavy atom. The van der Waals surface area contributed by atoms with E-state index in [0.29, 0.717) is 22.5 Å². The monoisotopic (exact) mass is 553 g/mol. The van der Waals surface area contributed by atoms with Crippen LogP contribution >= 0.6 is 0 Å². The van der Waals surface area contributed by atoms with Crippen LogP contribution in [-0.4, -0.2) is 75.2 Å². The van der Waals surface area contributed by atoms with Crippen molar-refractivity contribution in [1.82, 2.24) is 24.5 Å². The van der Waals surface area contributed by atoms with E-state index in [-0.39, 0.29) is 12.2 Å². The van der Waals surface area contributed by atoms with Crippen molar-refractivity contribution in [3.8, 4) is 0 Å². The van der Waals surface area contributed by atoms with Crippen molar-refractivity contribution in [1.29, 1.82) is 0 Å². The fraction of sp³-hybridized carbons (Fsp3) is 0.333. The Kier molecular flexibility index (Phi) is 7.99. The van der Waals surface area contributed by atoms with Crippen LogP contribution in [0.25, 0.3) is 16.6 Å². The summed E-state index contributed by atoms with van der Waals surface area (Å²) >= 11 is 0. The third-order valence-corrected chi connectivity index (χ3v) is 5.84. The molecule has 0 radical (unpaired) electrons. The van der Waals surface area contributed by atoms with Gasteiger partial charge in [0.2, 0.25) is 0 Å². The maximum absolute atomic E-state index is 14.4. The third-order valence-electron chi connectivity index (χ3n) is 5.84. The quantitative estimate of drug-likeness (QED) is 0.325. The molecule has 1 aromatic carbocycles. The number of hydrogen-bond donors (Lipinski definition) is 3. The van der Waals surface area contributed by atoms with E-state index >= 15 is 0 Å². The number of fused-ring (bicyclic) bond motifs is 2. The molecule has 1 aliphatic heterocycles. The maximum Gasteiger partial charge on any atom is 0.490 e. The highest BCUT2D eigenvalue weighted by atomic mass is 19.4. The van der Waals surface area contributed by atoms with Crippen molar-refractivity contribution < 1.29 is 36.6 Å². The Morgan fingerprint density at radius 1 is 1.15 bits per heavy atom. The topological polar surface area (TPSA) is 117 Å². The smallest absolute Gasteiger partial charge is 0.475 e. The number of anilines is 2. The minimum Gasteiger partial charge on any atom is -0.475 e. The maximum atomic E-state index is 14.4. The molecule has 0 unspecified atom stereocenters. The van der Waals surface area contributed by atoms with Gasteiger partial charge in [-0.1, -0.05) is 0 Å². The summed E-state index contributed by atoms with van der Waals surface area (Å²) in [6.45, 7) is 4.72. The van der Waals surface area contributed by atoms with Gasteiger partial charge in [-0.3, -0.25) is 9.48 Å². The summed E-state index contributed by atoms with van der Waals surface area (Å²) in [6, 6.07) is 4.86. The molecule has 39 heavy (non-hydrogen) atoms. The molecule has 4 aromatic rings. The summed E-state index contributed by atoms with van der Waals surface area (Å²) in [5.41, 5.74) is 2.99. The van der Waals surface area contributed by atoms with Gasteiger partial charge in [0.1, 0.15) is 12.2 Å². The molecular formula is C24H24F5N7O3. The van der Waals surface area contributed by atoms with E-state index in [9.17, 15) is 26.7 Å². The molecule has 5 rings (SSSR count). The average molecular weight is 553 g/mol. The van der Waals surface area contributed by atoms with E-state index < -0.39 is 30.5 Å². The first-order chi connectivity index (χ1) is 18.5. The standard InChI is InChI=1S/C22H23F2N7O.C2HF3O2/c1-14-11-30-12-15(10-18(24)21(30)26-14)27-22(32)16-2-3-19(29-8-5-25-6-9-29)17-13-31(7-4-23)28-20(16)17;3-2(4,5)1(6)7/h2-3,10-13,25H,4-9H2,1H3,(H,27,32);(H,6,7). The number of alkyl halides is 4. The number of piperazine rings is 1. The molecule has 1 aliphatic rings. The van der Waals surface area contributed by atoms with E-state index in [1.807, 2.05) is 6.07 Å². The molecule has 3 N–H and O–H groups in total. The van der Waals surface area contributed by atoms with Gasteiger partial charge in [-0.15, -0.1) is 0 Å².